The van der Waals surface area contributed by atoms with Gasteiger partial charge in [-0.05, 0) is 49.7 Å². The van der Waals surface area contributed by atoms with E-state index in [9.17, 15) is 0 Å². The first-order valence-corrected chi connectivity index (χ1v) is 7.97. The van der Waals surface area contributed by atoms with Gasteiger partial charge in [-0.3, -0.25) is 4.90 Å². The van der Waals surface area contributed by atoms with Gasteiger partial charge in [-0.25, -0.2) is 0 Å². The first-order valence-electron chi connectivity index (χ1n) is 7.97. The molecule has 1 aromatic carbocycles. The molecule has 1 unspecified atom stereocenters. The van der Waals surface area contributed by atoms with Gasteiger partial charge in [0.2, 0.25) is 0 Å². The molecule has 4 rings (SSSR count). The van der Waals surface area contributed by atoms with E-state index in [0.29, 0.717) is 0 Å². The lowest BCUT2D eigenvalue weighted by molar-refractivity contribution is 0.233. The van der Waals surface area contributed by atoms with E-state index in [1.165, 1.54) is 50.9 Å². The van der Waals surface area contributed by atoms with E-state index in [2.05, 4.69) is 34.5 Å². The van der Waals surface area contributed by atoms with Crippen LogP contribution >= 0.6 is 0 Å². The second kappa shape index (κ2) is 4.82. The number of hydrogen-bond donors (Lipinski definition) is 1. The molecule has 1 heterocycles. The van der Waals surface area contributed by atoms with Gasteiger partial charge in [0.1, 0.15) is 0 Å². The maximum atomic E-state index is 3.55. The summed E-state index contributed by atoms with van der Waals surface area (Å²) in [7, 11) is 0. The summed E-state index contributed by atoms with van der Waals surface area (Å²) in [5.74, 6) is 1.77. The van der Waals surface area contributed by atoms with Crippen LogP contribution in [0.15, 0.2) is 24.3 Å². The molecule has 0 bridgehead atoms. The molecule has 2 fully saturated rings. The second-order valence-electron chi connectivity index (χ2n) is 6.63. The Kier molecular flexibility index (Phi) is 2.99. The molecule has 0 aromatic heterocycles. The summed E-state index contributed by atoms with van der Waals surface area (Å²) < 4.78 is 0. The van der Waals surface area contributed by atoms with Gasteiger partial charge in [-0.2, -0.15) is 0 Å². The summed E-state index contributed by atoms with van der Waals surface area (Å²) in [5.41, 5.74) is 2.93. The number of anilines is 1. The third-order valence-electron chi connectivity index (χ3n) is 4.92. The first kappa shape index (κ1) is 11.8. The molecule has 0 radical (unpaired) electrons. The maximum Gasteiger partial charge on any atom is 0.0376 e. The summed E-state index contributed by atoms with van der Waals surface area (Å²) in [6, 6.07) is 9.83. The molecule has 2 aliphatic carbocycles. The lowest BCUT2D eigenvalue weighted by atomic mass is 9.90. The number of nitrogens with one attached hydrogen (secondary N) is 1. The van der Waals surface area contributed by atoms with Crippen LogP contribution in [0.3, 0.4) is 0 Å². The Morgan fingerprint density at radius 2 is 1.84 bits per heavy atom. The van der Waals surface area contributed by atoms with Gasteiger partial charge in [0.25, 0.3) is 0 Å². The highest BCUT2D eigenvalue weighted by Gasteiger charge is 2.35. The highest BCUT2D eigenvalue weighted by Crippen LogP contribution is 2.38. The van der Waals surface area contributed by atoms with Gasteiger partial charge in [0.05, 0.1) is 0 Å². The van der Waals surface area contributed by atoms with Crippen molar-refractivity contribution >= 4 is 5.69 Å². The van der Waals surface area contributed by atoms with Gasteiger partial charge in [0.15, 0.2) is 0 Å². The van der Waals surface area contributed by atoms with Crippen LogP contribution in [-0.2, 0) is 0 Å². The Bertz CT molecular complexity index is 448. The highest BCUT2D eigenvalue weighted by molar-refractivity contribution is 5.54. The predicted octanol–water partition coefficient (Wildman–Crippen LogP) is 3.46. The van der Waals surface area contributed by atoms with Crippen LogP contribution in [0.5, 0.6) is 0 Å². The Balaban J connectivity index is 1.49. The van der Waals surface area contributed by atoms with Gasteiger partial charge < -0.3 is 5.32 Å². The average Bonchev–Trinajstić information content (AvgIpc) is 3.31. The number of para-hydroxylation sites is 1. The first-order chi connectivity index (χ1) is 9.40. The number of hydrogen-bond acceptors (Lipinski definition) is 2. The molecule has 1 aromatic rings. The number of rotatable bonds is 5. The summed E-state index contributed by atoms with van der Waals surface area (Å²) in [4.78, 5) is 2.81. The van der Waals surface area contributed by atoms with Crippen molar-refractivity contribution in [2.45, 2.75) is 44.1 Å². The minimum atomic E-state index is 0.747. The van der Waals surface area contributed by atoms with Crippen LogP contribution in [-0.4, -0.2) is 30.6 Å². The van der Waals surface area contributed by atoms with E-state index in [0.717, 1.165) is 24.4 Å². The van der Waals surface area contributed by atoms with E-state index in [4.69, 9.17) is 0 Å². The van der Waals surface area contributed by atoms with Crippen molar-refractivity contribution in [2.24, 2.45) is 5.92 Å². The SMILES string of the molecule is c1ccc2c(c1)NCCC2CN(CC1CC1)C1CC1. The molecule has 3 aliphatic rings. The van der Waals surface area contributed by atoms with E-state index in [-0.39, 0.29) is 0 Å². The van der Waals surface area contributed by atoms with Gasteiger partial charge in [0, 0.05) is 37.3 Å². The standard InChI is InChI=1S/C17H24N2/c1-2-4-17-16(3-1)14(9-10-18-17)12-19(15-7-8-15)11-13-5-6-13/h1-4,13-15,18H,5-12H2. The number of fused-ring (bicyclic) bond motifs is 1. The van der Waals surface area contributed by atoms with E-state index in [1.54, 1.807) is 5.56 Å². The summed E-state index contributed by atoms with van der Waals surface area (Å²) in [6.45, 7) is 3.81. The predicted molar refractivity (Wildman–Crippen MR) is 79.6 cm³/mol. The molecule has 0 amide bonds. The molecule has 1 aliphatic heterocycles. The van der Waals surface area contributed by atoms with Crippen molar-refractivity contribution in [2.75, 3.05) is 25.0 Å². The monoisotopic (exact) mass is 256 g/mol. The van der Waals surface area contributed by atoms with Crippen LogP contribution in [0.25, 0.3) is 0 Å². The van der Waals surface area contributed by atoms with Crippen molar-refractivity contribution in [3.05, 3.63) is 29.8 Å². The van der Waals surface area contributed by atoms with Gasteiger partial charge >= 0.3 is 0 Å². The van der Waals surface area contributed by atoms with Crippen LogP contribution in [0.4, 0.5) is 5.69 Å². The Morgan fingerprint density at radius 3 is 2.63 bits per heavy atom. The van der Waals surface area contributed by atoms with Crippen molar-refractivity contribution in [1.29, 1.82) is 0 Å². The molecule has 2 saturated carbocycles. The van der Waals surface area contributed by atoms with Gasteiger partial charge in [-0.1, -0.05) is 18.2 Å². The molecule has 0 spiro atoms. The minimum Gasteiger partial charge on any atom is -0.385 e. The van der Waals surface area contributed by atoms with Crippen molar-refractivity contribution in [3.63, 3.8) is 0 Å². The highest BCUT2D eigenvalue weighted by atomic mass is 15.2. The largest absolute Gasteiger partial charge is 0.385 e. The zero-order valence-electron chi connectivity index (χ0n) is 11.6. The normalized spacial score (nSPS) is 26.1. The third-order valence-corrected chi connectivity index (χ3v) is 4.92. The van der Waals surface area contributed by atoms with Crippen LogP contribution in [0, 0.1) is 5.92 Å². The second-order valence-corrected chi connectivity index (χ2v) is 6.63. The van der Waals surface area contributed by atoms with Crippen LogP contribution < -0.4 is 5.32 Å². The zero-order chi connectivity index (χ0) is 12.7. The minimum absolute atomic E-state index is 0.747. The van der Waals surface area contributed by atoms with Crippen LogP contribution in [0.2, 0.25) is 0 Å². The lowest BCUT2D eigenvalue weighted by Crippen LogP contribution is -2.34. The van der Waals surface area contributed by atoms with E-state index < -0.39 is 0 Å². The average molecular weight is 256 g/mol. The molecule has 0 saturated heterocycles. The number of nitrogens with zero attached hydrogens (tertiary/aromatic N) is 1. The molecular formula is C17H24N2. The fourth-order valence-electron chi connectivity index (χ4n) is 3.47. The summed E-state index contributed by atoms with van der Waals surface area (Å²) in [5, 5.41) is 3.55. The topological polar surface area (TPSA) is 15.3 Å². The smallest absolute Gasteiger partial charge is 0.0376 e. The Labute approximate surface area is 116 Å². The summed E-state index contributed by atoms with van der Waals surface area (Å²) in [6.07, 6.45) is 7.14. The maximum absolute atomic E-state index is 3.55. The molecule has 2 heteroatoms. The van der Waals surface area contributed by atoms with Crippen molar-refractivity contribution < 1.29 is 0 Å². The van der Waals surface area contributed by atoms with Gasteiger partial charge in [-0.15, -0.1) is 0 Å². The quantitative estimate of drug-likeness (QED) is 0.868. The number of benzene rings is 1. The Hall–Kier alpha value is -1.02. The fourth-order valence-corrected chi connectivity index (χ4v) is 3.47. The molecule has 1 N–H and O–H groups in total. The van der Waals surface area contributed by atoms with Crippen LogP contribution in [0.1, 0.15) is 43.6 Å². The van der Waals surface area contributed by atoms with Crippen molar-refractivity contribution in [3.8, 4) is 0 Å². The van der Waals surface area contributed by atoms with E-state index in [1.807, 2.05) is 0 Å². The molecule has 102 valence electrons. The molecular weight excluding hydrogens is 232 g/mol. The Morgan fingerprint density at radius 1 is 1.00 bits per heavy atom. The molecule has 1 atom stereocenters. The van der Waals surface area contributed by atoms with Crippen molar-refractivity contribution in [1.82, 2.24) is 4.90 Å². The molecule has 19 heavy (non-hydrogen) atoms. The third kappa shape index (κ3) is 2.64. The fraction of sp³-hybridized carbons (Fsp3) is 0.647. The summed E-state index contributed by atoms with van der Waals surface area (Å²) >= 11 is 0. The lowest BCUT2D eigenvalue weighted by Gasteiger charge is -2.32. The zero-order valence-corrected chi connectivity index (χ0v) is 11.6. The van der Waals surface area contributed by atoms with E-state index >= 15 is 0 Å². The molecule has 2 nitrogen and oxygen atoms in total.